The van der Waals surface area contributed by atoms with Gasteiger partial charge in [0.1, 0.15) is 5.01 Å². The van der Waals surface area contributed by atoms with E-state index < -0.39 is 0 Å². The summed E-state index contributed by atoms with van der Waals surface area (Å²) in [4.78, 5) is 8.93. The van der Waals surface area contributed by atoms with E-state index in [1.54, 1.807) is 0 Å². The van der Waals surface area contributed by atoms with Gasteiger partial charge in [0.05, 0.1) is 11.2 Å². The minimum absolute atomic E-state index is 0.0898. The summed E-state index contributed by atoms with van der Waals surface area (Å²) >= 11 is 1.90. The van der Waals surface area contributed by atoms with E-state index >= 15 is 0 Å². The van der Waals surface area contributed by atoms with Gasteiger partial charge in [0.25, 0.3) is 0 Å². The number of thiazole rings is 1. The lowest BCUT2D eigenvalue weighted by atomic mass is 9.91. The Bertz CT molecular complexity index is 441. The summed E-state index contributed by atoms with van der Waals surface area (Å²) in [5.41, 5.74) is 1.37. The summed E-state index contributed by atoms with van der Waals surface area (Å²) < 4.78 is 0. The van der Waals surface area contributed by atoms with Crippen LogP contribution in [-0.4, -0.2) is 36.1 Å². The van der Waals surface area contributed by atoms with Crippen molar-refractivity contribution in [3.63, 3.8) is 0 Å². The van der Waals surface area contributed by atoms with Crippen LogP contribution >= 0.6 is 11.3 Å². The topological polar surface area (TPSA) is 28.2 Å². The molecule has 20 heavy (non-hydrogen) atoms. The molecule has 1 unspecified atom stereocenters. The predicted molar refractivity (Wildman–Crippen MR) is 87.5 cm³/mol. The van der Waals surface area contributed by atoms with Crippen LogP contribution in [0.5, 0.6) is 0 Å². The van der Waals surface area contributed by atoms with Gasteiger partial charge in [-0.05, 0) is 60.0 Å². The average molecular weight is 295 g/mol. The van der Waals surface area contributed by atoms with Gasteiger partial charge in [-0.3, -0.25) is 0 Å². The molecule has 1 saturated heterocycles. The highest BCUT2D eigenvalue weighted by Gasteiger charge is 2.36. The fourth-order valence-electron chi connectivity index (χ4n) is 3.20. The molecule has 1 aromatic rings. The van der Waals surface area contributed by atoms with E-state index in [-0.39, 0.29) is 5.54 Å². The maximum Gasteiger partial charge on any atom is 0.113 e. The van der Waals surface area contributed by atoms with Crippen LogP contribution in [0.15, 0.2) is 0 Å². The quantitative estimate of drug-likeness (QED) is 0.923. The van der Waals surface area contributed by atoms with Crippen LogP contribution in [0, 0.1) is 6.92 Å². The monoisotopic (exact) mass is 295 g/mol. The van der Waals surface area contributed by atoms with Gasteiger partial charge in [-0.1, -0.05) is 6.92 Å². The second-order valence-electron chi connectivity index (χ2n) is 6.19. The van der Waals surface area contributed by atoms with E-state index in [1.807, 2.05) is 11.3 Å². The Morgan fingerprint density at radius 2 is 2.10 bits per heavy atom. The van der Waals surface area contributed by atoms with Crippen molar-refractivity contribution in [2.24, 2.45) is 0 Å². The number of aryl methyl sites for hydroxylation is 2. The lowest BCUT2D eigenvalue weighted by Gasteiger charge is -2.31. The number of aromatic nitrogens is 1. The first-order valence-corrected chi connectivity index (χ1v) is 8.74. The molecule has 0 amide bonds. The van der Waals surface area contributed by atoms with Gasteiger partial charge in [-0.15, -0.1) is 11.3 Å². The third-order valence-corrected chi connectivity index (χ3v) is 5.94. The second-order valence-corrected chi connectivity index (χ2v) is 7.39. The van der Waals surface area contributed by atoms with Crippen molar-refractivity contribution in [3.8, 4) is 0 Å². The minimum atomic E-state index is 0.0898. The summed E-state index contributed by atoms with van der Waals surface area (Å²) in [5, 5.41) is 4.92. The summed E-state index contributed by atoms with van der Waals surface area (Å²) in [6.45, 7) is 11.4. The minimum Gasteiger partial charge on any atom is -0.308 e. The SMILES string of the molecule is CCc1nc(C2(NC)CCCN(C(C)C)CC2)sc1C. The first kappa shape index (κ1) is 15.9. The second kappa shape index (κ2) is 6.54. The van der Waals surface area contributed by atoms with Crippen LogP contribution in [0.2, 0.25) is 0 Å². The van der Waals surface area contributed by atoms with Gasteiger partial charge < -0.3 is 10.2 Å². The van der Waals surface area contributed by atoms with Crippen molar-refractivity contribution in [2.75, 3.05) is 20.1 Å². The molecular formula is C16H29N3S. The Hall–Kier alpha value is -0.450. The van der Waals surface area contributed by atoms with Crippen LogP contribution in [0.3, 0.4) is 0 Å². The number of nitrogens with one attached hydrogen (secondary N) is 1. The molecule has 1 fully saturated rings. The van der Waals surface area contributed by atoms with E-state index in [4.69, 9.17) is 4.98 Å². The molecule has 3 nitrogen and oxygen atoms in total. The number of hydrogen-bond acceptors (Lipinski definition) is 4. The molecule has 1 aliphatic heterocycles. The highest BCUT2D eigenvalue weighted by molar-refractivity contribution is 7.11. The largest absolute Gasteiger partial charge is 0.308 e. The maximum atomic E-state index is 4.94. The van der Waals surface area contributed by atoms with Gasteiger partial charge in [0, 0.05) is 17.5 Å². The molecule has 2 rings (SSSR count). The molecule has 0 saturated carbocycles. The molecule has 0 aromatic carbocycles. The fourth-order valence-corrected chi connectivity index (χ4v) is 4.46. The van der Waals surface area contributed by atoms with Gasteiger partial charge in [0.15, 0.2) is 0 Å². The van der Waals surface area contributed by atoms with Crippen LogP contribution in [0.1, 0.15) is 55.6 Å². The molecular weight excluding hydrogens is 266 g/mol. The number of rotatable bonds is 4. The van der Waals surface area contributed by atoms with Crippen LogP contribution in [0.25, 0.3) is 0 Å². The number of nitrogens with zero attached hydrogens (tertiary/aromatic N) is 2. The lowest BCUT2D eigenvalue weighted by molar-refractivity contribution is 0.220. The summed E-state index contributed by atoms with van der Waals surface area (Å²) in [5.74, 6) is 0. The molecule has 1 atom stereocenters. The summed E-state index contributed by atoms with van der Waals surface area (Å²) in [7, 11) is 2.10. The first-order valence-electron chi connectivity index (χ1n) is 7.92. The third-order valence-electron chi connectivity index (χ3n) is 4.72. The zero-order valence-electron chi connectivity index (χ0n) is 13.6. The first-order chi connectivity index (χ1) is 9.52. The fraction of sp³-hybridized carbons (Fsp3) is 0.812. The van der Waals surface area contributed by atoms with E-state index in [2.05, 4.69) is 45.0 Å². The van der Waals surface area contributed by atoms with Crippen molar-refractivity contribution < 1.29 is 0 Å². The Morgan fingerprint density at radius 3 is 2.65 bits per heavy atom. The maximum absolute atomic E-state index is 4.94. The molecule has 0 radical (unpaired) electrons. The van der Waals surface area contributed by atoms with Gasteiger partial charge in [0.2, 0.25) is 0 Å². The van der Waals surface area contributed by atoms with E-state index in [0.717, 1.165) is 12.8 Å². The van der Waals surface area contributed by atoms with Crippen LogP contribution in [-0.2, 0) is 12.0 Å². The average Bonchev–Trinajstić information content (AvgIpc) is 2.68. The smallest absolute Gasteiger partial charge is 0.113 e. The van der Waals surface area contributed by atoms with Gasteiger partial charge in [-0.2, -0.15) is 0 Å². The lowest BCUT2D eigenvalue weighted by Crippen LogP contribution is -2.41. The molecule has 1 N–H and O–H groups in total. The molecule has 1 aliphatic rings. The van der Waals surface area contributed by atoms with Crippen molar-refractivity contribution in [1.29, 1.82) is 0 Å². The standard InChI is InChI=1S/C16H29N3S/c1-6-14-13(4)20-15(18-14)16(17-5)8-7-10-19(11-9-16)12(2)3/h12,17H,6-11H2,1-5H3. The highest BCUT2D eigenvalue weighted by Crippen LogP contribution is 2.36. The highest BCUT2D eigenvalue weighted by atomic mass is 32.1. The summed E-state index contributed by atoms with van der Waals surface area (Å²) in [6, 6.07) is 0.645. The van der Waals surface area contributed by atoms with Gasteiger partial charge in [-0.25, -0.2) is 4.98 Å². The van der Waals surface area contributed by atoms with E-state index in [9.17, 15) is 0 Å². The van der Waals surface area contributed by atoms with Crippen LogP contribution < -0.4 is 5.32 Å². The predicted octanol–water partition coefficient (Wildman–Crippen LogP) is 3.32. The number of likely N-dealkylation sites (tertiary alicyclic amines) is 1. The third kappa shape index (κ3) is 3.07. The van der Waals surface area contributed by atoms with E-state index in [1.165, 1.54) is 41.5 Å². The van der Waals surface area contributed by atoms with Crippen molar-refractivity contribution in [2.45, 2.75) is 65.0 Å². The Morgan fingerprint density at radius 1 is 1.35 bits per heavy atom. The Labute approximate surface area is 127 Å². The molecule has 0 aliphatic carbocycles. The molecule has 0 bridgehead atoms. The zero-order chi connectivity index (χ0) is 14.8. The summed E-state index contributed by atoms with van der Waals surface area (Å²) in [6.07, 6.45) is 4.65. The zero-order valence-corrected chi connectivity index (χ0v) is 14.4. The molecule has 0 spiro atoms. The molecule has 114 valence electrons. The van der Waals surface area contributed by atoms with E-state index in [0.29, 0.717) is 6.04 Å². The molecule has 2 heterocycles. The van der Waals surface area contributed by atoms with Crippen LogP contribution in [0.4, 0.5) is 0 Å². The van der Waals surface area contributed by atoms with Crippen molar-refractivity contribution in [3.05, 3.63) is 15.6 Å². The van der Waals surface area contributed by atoms with Crippen molar-refractivity contribution in [1.82, 2.24) is 15.2 Å². The normalized spacial score (nSPS) is 25.1. The number of hydrogen-bond donors (Lipinski definition) is 1. The van der Waals surface area contributed by atoms with Gasteiger partial charge >= 0.3 is 0 Å². The van der Waals surface area contributed by atoms with Crippen molar-refractivity contribution >= 4 is 11.3 Å². The Kier molecular flexibility index (Phi) is 5.21. The molecule has 4 heteroatoms. The Balaban J connectivity index is 2.24. The molecule has 1 aromatic heterocycles.